The van der Waals surface area contributed by atoms with E-state index >= 15 is 0 Å². The van der Waals surface area contributed by atoms with Crippen molar-refractivity contribution in [1.29, 1.82) is 0 Å². The first-order valence-corrected chi connectivity index (χ1v) is 10.1. The molecule has 5 rings (SSSR count). The van der Waals surface area contributed by atoms with Gasteiger partial charge in [0.25, 0.3) is 5.90 Å². The van der Waals surface area contributed by atoms with E-state index < -0.39 is 6.23 Å². The van der Waals surface area contributed by atoms with Crippen LogP contribution in [-0.4, -0.2) is 21.8 Å². The minimum Gasteiger partial charge on any atom is -0.445 e. The highest BCUT2D eigenvalue weighted by Gasteiger charge is 2.35. The Hall–Kier alpha value is -3.51. The summed E-state index contributed by atoms with van der Waals surface area (Å²) in [6.45, 7) is 1.50. The first kappa shape index (κ1) is 17.6. The first-order chi connectivity index (χ1) is 14.2. The fourth-order valence-electron chi connectivity index (χ4n) is 3.43. The highest BCUT2D eigenvalue weighted by molar-refractivity contribution is 7.12. The van der Waals surface area contributed by atoms with Gasteiger partial charge in [0.15, 0.2) is 0 Å². The van der Waals surface area contributed by atoms with Crippen molar-refractivity contribution in [2.24, 2.45) is 5.10 Å². The Bertz CT molecular complexity index is 1220. The van der Waals surface area contributed by atoms with Crippen molar-refractivity contribution in [3.8, 4) is 11.3 Å². The van der Waals surface area contributed by atoms with E-state index in [0.29, 0.717) is 5.90 Å². The van der Waals surface area contributed by atoms with Crippen LogP contribution < -0.4 is 0 Å². The largest absolute Gasteiger partial charge is 0.445 e. The van der Waals surface area contributed by atoms with E-state index in [1.165, 1.54) is 23.3 Å². The number of rotatable bonds is 3. The van der Waals surface area contributed by atoms with Crippen LogP contribution in [0, 0.1) is 0 Å². The molecule has 0 bridgehead atoms. The number of fused-ring (bicyclic) bond motifs is 1. The lowest BCUT2D eigenvalue weighted by Crippen LogP contribution is -2.25. The summed E-state index contributed by atoms with van der Waals surface area (Å²) < 4.78 is 6.20. The van der Waals surface area contributed by atoms with Crippen LogP contribution in [0.15, 0.2) is 83.3 Å². The summed E-state index contributed by atoms with van der Waals surface area (Å²) in [5.41, 5.74) is 3.54. The van der Waals surface area contributed by atoms with Crippen LogP contribution in [-0.2, 0) is 9.53 Å². The third-order valence-corrected chi connectivity index (χ3v) is 5.64. The zero-order valence-corrected chi connectivity index (χ0v) is 16.5. The van der Waals surface area contributed by atoms with Gasteiger partial charge in [-0.05, 0) is 23.6 Å². The van der Waals surface area contributed by atoms with Gasteiger partial charge in [0.1, 0.15) is 0 Å². The number of amides is 1. The molecule has 0 N–H and O–H groups in total. The lowest BCUT2D eigenvalue weighted by Gasteiger charge is -2.21. The van der Waals surface area contributed by atoms with Crippen molar-refractivity contribution in [2.75, 3.05) is 0 Å². The van der Waals surface area contributed by atoms with Gasteiger partial charge >= 0.3 is 0 Å². The maximum atomic E-state index is 12.4. The van der Waals surface area contributed by atoms with Gasteiger partial charge in [-0.2, -0.15) is 5.01 Å². The van der Waals surface area contributed by atoms with E-state index in [1.54, 1.807) is 0 Å². The molecular weight excluding hydrogens is 382 g/mol. The molecule has 0 spiro atoms. The molecule has 0 unspecified atom stereocenters. The minimum atomic E-state index is -0.639. The van der Waals surface area contributed by atoms with Crippen molar-refractivity contribution in [2.45, 2.75) is 13.2 Å². The number of pyridine rings is 1. The molecule has 1 atom stereocenters. The number of aromatic nitrogens is 1. The van der Waals surface area contributed by atoms with E-state index in [1.807, 2.05) is 78.2 Å². The van der Waals surface area contributed by atoms with Gasteiger partial charge in [-0.1, -0.05) is 54.6 Å². The van der Waals surface area contributed by atoms with Crippen LogP contribution in [0.4, 0.5) is 0 Å². The second-order valence-electron chi connectivity index (χ2n) is 6.70. The molecule has 0 radical (unpaired) electrons. The normalized spacial score (nSPS) is 16.0. The van der Waals surface area contributed by atoms with E-state index in [-0.39, 0.29) is 5.91 Å². The van der Waals surface area contributed by atoms with E-state index in [9.17, 15) is 4.79 Å². The average Bonchev–Trinajstić information content (AvgIpc) is 3.43. The fourth-order valence-corrected chi connectivity index (χ4v) is 4.08. The lowest BCUT2D eigenvalue weighted by atomic mass is 10.0. The summed E-state index contributed by atoms with van der Waals surface area (Å²) in [5, 5.41) is 8.77. The highest BCUT2D eigenvalue weighted by atomic mass is 32.1. The number of nitrogens with zero attached hydrogens (tertiary/aromatic N) is 3. The molecule has 5 nitrogen and oxygen atoms in total. The van der Waals surface area contributed by atoms with Crippen LogP contribution in [0.5, 0.6) is 0 Å². The highest BCUT2D eigenvalue weighted by Crippen LogP contribution is 2.36. The van der Waals surface area contributed by atoms with Gasteiger partial charge in [0.2, 0.25) is 12.1 Å². The van der Waals surface area contributed by atoms with Crippen molar-refractivity contribution in [3.63, 3.8) is 0 Å². The number of carbonyl (C=O) groups is 1. The zero-order chi connectivity index (χ0) is 19.8. The summed E-state index contributed by atoms with van der Waals surface area (Å²) in [4.78, 5) is 18.1. The van der Waals surface area contributed by atoms with Crippen molar-refractivity contribution >= 4 is 34.0 Å². The van der Waals surface area contributed by atoms with Gasteiger partial charge in [-0.25, -0.2) is 4.98 Å². The van der Waals surface area contributed by atoms with E-state index in [4.69, 9.17) is 9.72 Å². The number of hydrogen-bond donors (Lipinski definition) is 0. The summed E-state index contributed by atoms with van der Waals surface area (Å²) in [6.07, 6.45) is -0.639. The molecule has 1 aliphatic rings. The van der Waals surface area contributed by atoms with Crippen molar-refractivity contribution in [3.05, 3.63) is 88.6 Å². The fraction of sp³-hybridized carbons (Fsp3) is 0.0870. The first-order valence-electron chi connectivity index (χ1n) is 9.25. The molecule has 0 aliphatic carbocycles. The molecule has 142 valence electrons. The zero-order valence-electron chi connectivity index (χ0n) is 15.6. The Morgan fingerprint density at radius 3 is 2.59 bits per heavy atom. The standard InChI is InChI=1S/C23H17N3O2S/c1-15(27)26-23(28-22(25-26)21-12-7-13-29-21)18-14-20(16-8-3-2-4-9-16)24-19-11-6-5-10-17(18)19/h2-14,23H,1H3/t23-/m1/s1. The molecule has 6 heteroatoms. The van der Waals surface area contributed by atoms with Crippen LogP contribution in [0.3, 0.4) is 0 Å². The molecule has 0 fully saturated rings. The third-order valence-electron chi connectivity index (χ3n) is 4.78. The lowest BCUT2D eigenvalue weighted by molar-refractivity contribution is -0.135. The SMILES string of the molecule is CC(=O)N1N=C(c2cccs2)O[C@@H]1c1cc(-c2ccccc2)nc2ccccc12. The number of benzene rings is 2. The van der Waals surface area contributed by atoms with Crippen LogP contribution >= 0.6 is 11.3 Å². The predicted octanol–water partition coefficient (Wildman–Crippen LogP) is 5.20. The predicted molar refractivity (Wildman–Crippen MR) is 114 cm³/mol. The molecule has 0 saturated carbocycles. The Labute approximate surface area is 171 Å². The number of para-hydroxylation sites is 1. The van der Waals surface area contributed by atoms with Gasteiger partial charge < -0.3 is 4.74 Å². The van der Waals surface area contributed by atoms with Gasteiger partial charge in [0, 0.05) is 23.4 Å². The number of hydrogen-bond acceptors (Lipinski definition) is 5. The average molecular weight is 399 g/mol. The minimum absolute atomic E-state index is 0.177. The Morgan fingerprint density at radius 2 is 1.83 bits per heavy atom. The molecule has 3 heterocycles. The number of ether oxygens (including phenoxy) is 1. The monoisotopic (exact) mass is 399 g/mol. The molecule has 1 aliphatic heterocycles. The number of carbonyl (C=O) groups excluding carboxylic acids is 1. The molecule has 29 heavy (non-hydrogen) atoms. The molecular formula is C23H17N3O2S. The Morgan fingerprint density at radius 1 is 1.03 bits per heavy atom. The summed E-state index contributed by atoms with van der Waals surface area (Å²) in [7, 11) is 0. The van der Waals surface area contributed by atoms with E-state index in [0.717, 1.165) is 32.6 Å². The molecule has 0 saturated heterocycles. The molecule has 1 amide bonds. The van der Waals surface area contributed by atoms with Crippen LogP contribution in [0.25, 0.3) is 22.2 Å². The molecule has 2 aromatic heterocycles. The van der Waals surface area contributed by atoms with E-state index in [2.05, 4.69) is 5.10 Å². The number of hydrazone groups is 1. The summed E-state index contributed by atoms with van der Waals surface area (Å²) in [5.74, 6) is 0.283. The third kappa shape index (κ3) is 3.17. The van der Waals surface area contributed by atoms with Crippen molar-refractivity contribution < 1.29 is 9.53 Å². The van der Waals surface area contributed by atoms with Crippen LogP contribution in [0.1, 0.15) is 23.6 Å². The number of thiophene rings is 1. The summed E-state index contributed by atoms with van der Waals surface area (Å²) >= 11 is 1.53. The van der Waals surface area contributed by atoms with Crippen molar-refractivity contribution in [1.82, 2.24) is 9.99 Å². The molecule has 4 aromatic rings. The quantitative estimate of drug-likeness (QED) is 0.476. The van der Waals surface area contributed by atoms with Crippen LogP contribution in [0.2, 0.25) is 0 Å². The summed E-state index contributed by atoms with van der Waals surface area (Å²) in [6, 6.07) is 23.7. The topological polar surface area (TPSA) is 54.8 Å². The van der Waals surface area contributed by atoms with Gasteiger partial charge in [-0.3, -0.25) is 4.79 Å². The van der Waals surface area contributed by atoms with Gasteiger partial charge in [-0.15, -0.1) is 16.4 Å². The second kappa shape index (κ2) is 7.14. The maximum absolute atomic E-state index is 12.4. The second-order valence-corrected chi connectivity index (χ2v) is 7.64. The Balaban J connectivity index is 1.66. The van der Waals surface area contributed by atoms with Gasteiger partial charge in [0.05, 0.1) is 16.1 Å². The molecule has 2 aromatic carbocycles. The maximum Gasteiger partial charge on any atom is 0.251 e. The smallest absolute Gasteiger partial charge is 0.251 e. The Kier molecular flexibility index (Phi) is 4.33.